The molecule has 186 valence electrons. The highest BCUT2D eigenvalue weighted by Gasteiger charge is 2.18. The maximum atomic E-state index is 13.3. The van der Waals surface area contributed by atoms with Gasteiger partial charge in [0, 0.05) is 23.3 Å². The molecule has 2 N–H and O–H groups in total. The first-order valence-corrected chi connectivity index (χ1v) is 12.8. The predicted octanol–water partition coefficient (Wildman–Crippen LogP) is 5.40. The standard InChI is InChI=1S/C28H22FN3O4S/c1-36-28-27(32-37(34,35)23-9-7-22(29)8-10-23)15-21(16-31-28)20-6-11-26-25(14-20)24(12-13-30-26)19-4-2-18(17-33)3-5-19/h2-16,32-33H,17H2,1H3. The Labute approximate surface area is 213 Å². The minimum atomic E-state index is -4.01. The number of anilines is 1. The van der Waals surface area contributed by atoms with Crippen LogP contribution in [0.5, 0.6) is 5.88 Å². The second-order valence-electron chi connectivity index (χ2n) is 8.29. The predicted molar refractivity (Wildman–Crippen MR) is 140 cm³/mol. The first-order chi connectivity index (χ1) is 17.9. The number of sulfonamides is 1. The molecule has 3 aromatic carbocycles. The van der Waals surface area contributed by atoms with Crippen molar-refractivity contribution < 1.29 is 22.7 Å². The molecular weight excluding hydrogens is 493 g/mol. The summed E-state index contributed by atoms with van der Waals surface area (Å²) in [7, 11) is -2.61. The molecule has 5 aromatic rings. The van der Waals surface area contributed by atoms with Crippen molar-refractivity contribution in [2.75, 3.05) is 11.8 Å². The summed E-state index contributed by atoms with van der Waals surface area (Å²) in [6.45, 7) is -0.0285. The molecule has 2 aromatic heterocycles. The molecule has 0 radical (unpaired) electrons. The minimum Gasteiger partial charge on any atom is -0.480 e. The summed E-state index contributed by atoms with van der Waals surface area (Å²) in [6.07, 6.45) is 3.34. The fourth-order valence-electron chi connectivity index (χ4n) is 4.03. The van der Waals surface area contributed by atoms with Gasteiger partial charge in [-0.05, 0) is 70.8 Å². The molecule has 0 aliphatic carbocycles. The van der Waals surface area contributed by atoms with Crippen LogP contribution in [0.2, 0.25) is 0 Å². The Morgan fingerprint density at radius 3 is 2.32 bits per heavy atom. The largest absolute Gasteiger partial charge is 0.480 e. The van der Waals surface area contributed by atoms with Gasteiger partial charge in [-0.3, -0.25) is 9.71 Å². The lowest BCUT2D eigenvalue weighted by atomic mass is 9.97. The van der Waals surface area contributed by atoms with Gasteiger partial charge in [-0.2, -0.15) is 0 Å². The van der Waals surface area contributed by atoms with Gasteiger partial charge in [-0.1, -0.05) is 30.3 Å². The van der Waals surface area contributed by atoms with Gasteiger partial charge in [0.1, 0.15) is 11.5 Å². The Bertz CT molecular complexity index is 1690. The van der Waals surface area contributed by atoms with Crippen LogP contribution in [0.25, 0.3) is 33.2 Å². The molecule has 0 atom stereocenters. The van der Waals surface area contributed by atoms with E-state index in [-0.39, 0.29) is 23.1 Å². The summed E-state index contributed by atoms with van der Waals surface area (Å²) in [6, 6.07) is 21.5. The quantitative estimate of drug-likeness (QED) is 0.301. The Balaban J connectivity index is 1.56. The van der Waals surface area contributed by atoms with Crippen molar-refractivity contribution in [1.29, 1.82) is 0 Å². The van der Waals surface area contributed by atoms with E-state index >= 15 is 0 Å². The zero-order chi connectivity index (χ0) is 26.0. The van der Waals surface area contributed by atoms with Crippen LogP contribution >= 0.6 is 0 Å². The number of hydrogen-bond acceptors (Lipinski definition) is 6. The van der Waals surface area contributed by atoms with Gasteiger partial charge < -0.3 is 9.84 Å². The lowest BCUT2D eigenvalue weighted by molar-refractivity contribution is 0.282. The van der Waals surface area contributed by atoms with Crippen LogP contribution in [0.3, 0.4) is 0 Å². The number of rotatable bonds is 7. The molecule has 0 bridgehead atoms. The number of fused-ring (bicyclic) bond motifs is 1. The smallest absolute Gasteiger partial charge is 0.262 e. The Morgan fingerprint density at radius 2 is 1.62 bits per heavy atom. The van der Waals surface area contributed by atoms with Crippen molar-refractivity contribution in [3.63, 3.8) is 0 Å². The number of ether oxygens (including phenoxy) is 1. The first kappa shape index (κ1) is 24.4. The van der Waals surface area contributed by atoms with E-state index in [0.29, 0.717) is 5.56 Å². The third-order valence-corrected chi connectivity index (χ3v) is 7.32. The number of nitrogens with one attached hydrogen (secondary N) is 1. The average molecular weight is 516 g/mol. The Kier molecular flexibility index (Phi) is 6.56. The lowest BCUT2D eigenvalue weighted by Crippen LogP contribution is -2.14. The third-order valence-electron chi connectivity index (χ3n) is 5.94. The van der Waals surface area contributed by atoms with E-state index in [0.717, 1.165) is 45.3 Å². The summed E-state index contributed by atoms with van der Waals surface area (Å²) in [5.41, 5.74) is 5.16. The van der Waals surface area contributed by atoms with Crippen LogP contribution in [0.15, 0.2) is 96.2 Å². The van der Waals surface area contributed by atoms with Gasteiger partial charge in [-0.25, -0.2) is 17.8 Å². The van der Waals surface area contributed by atoms with Crippen LogP contribution in [-0.2, 0) is 16.6 Å². The number of hydrogen-bond donors (Lipinski definition) is 2. The van der Waals surface area contributed by atoms with Crippen LogP contribution in [0, 0.1) is 5.82 Å². The van der Waals surface area contributed by atoms with Crippen molar-refractivity contribution in [3.05, 3.63) is 103 Å². The number of aromatic nitrogens is 2. The maximum Gasteiger partial charge on any atom is 0.262 e. The van der Waals surface area contributed by atoms with Gasteiger partial charge in [-0.15, -0.1) is 0 Å². The van der Waals surface area contributed by atoms with E-state index in [1.54, 1.807) is 18.5 Å². The summed E-state index contributed by atoms with van der Waals surface area (Å²) in [4.78, 5) is 8.68. The number of aliphatic hydroxyl groups excluding tert-OH is 1. The number of benzene rings is 3. The average Bonchev–Trinajstić information content (AvgIpc) is 2.92. The maximum absolute atomic E-state index is 13.3. The van der Waals surface area contributed by atoms with Crippen molar-refractivity contribution in [3.8, 4) is 28.1 Å². The van der Waals surface area contributed by atoms with Crippen LogP contribution in [-0.4, -0.2) is 30.6 Å². The molecule has 0 fully saturated rings. The molecule has 5 rings (SSSR count). The number of aliphatic hydroxyl groups is 1. The van der Waals surface area contributed by atoms with E-state index in [9.17, 15) is 17.9 Å². The van der Waals surface area contributed by atoms with Gasteiger partial charge >= 0.3 is 0 Å². The molecular formula is C28H22FN3O4S. The van der Waals surface area contributed by atoms with E-state index in [4.69, 9.17) is 4.74 Å². The molecule has 0 spiro atoms. The first-order valence-electron chi connectivity index (χ1n) is 11.3. The highest BCUT2D eigenvalue weighted by molar-refractivity contribution is 7.92. The zero-order valence-electron chi connectivity index (χ0n) is 19.7. The SMILES string of the molecule is COc1ncc(-c2ccc3nccc(-c4ccc(CO)cc4)c3c2)cc1NS(=O)(=O)c1ccc(F)cc1. The normalized spacial score (nSPS) is 11.4. The second kappa shape index (κ2) is 9.96. The second-order valence-corrected chi connectivity index (χ2v) is 9.97. The molecule has 0 saturated heterocycles. The number of nitrogens with zero attached hydrogens (tertiary/aromatic N) is 2. The zero-order valence-corrected chi connectivity index (χ0v) is 20.5. The lowest BCUT2D eigenvalue weighted by Gasteiger charge is -2.13. The summed E-state index contributed by atoms with van der Waals surface area (Å²) in [5.74, 6) is -0.434. The summed E-state index contributed by atoms with van der Waals surface area (Å²) in [5, 5.41) is 10.3. The van der Waals surface area contributed by atoms with Crippen LogP contribution in [0.4, 0.5) is 10.1 Å². The minimum absolute atomic E-state index is 0.0285. The van der Waals surface area contributed by atoms with E-state index in [1.165, 1.54) is 19.2 Å². The fourth-order valence-corrected chi connectivity index (χ4v) is 5.08. The van der Waals surface area contributed by atoms with Crippen molar-refractivity contribution in [2.24, 2.45) is 0 Å². The molecule has 9 heteroatoms. The molecule has 0 amide bonds. The van der Waals surface area contributed by atoms with E-state index in [1.807, 2.05) is 48.5 Å². The van der Waals surface area contributed by atoms with Crippen LogP contribution < -0.4 is 9.46 Å². The van der Waals surface area contributed by atoms with Gasteiger partial charge in [0.15, 0.2) is 0 Å². The van der Waals surface area contributed by atoms with Crippen molar-refractivity contribution in [2.45, 2.75) is 11.5 Å². The number of pyridine rings is 2. The monoisotopic (exact) mass is 515 g/mol. The third kappa shape index (κ3) is 5.00. The molecule has 7 nitrogen and oxygen atoms in total. The van der Waals surface area contributed by atoms with Gasteiger partial charge in [0.2, 0.25) is 5.88 Å². The molecule has 0 unspecified atom stereocenters. The molecule has 0 aliphatic rings. The fraction of sp³-hybridized carbons (Fsp3) is 0.0714. The topological polar surface area (TPSA) is 101 Å². The van der Waals surface area contributed by atoms with Crippen LogP contribution in [0.1, 0.15) is 5.56 Å². The number of methoxy groups -OCH3 is 1. The molecule has 37 heavy (non-hydrogen) atoms. The highest BCUT2D eigenvalue weighted by Crippen LogP contribution is 2.34. The Hall–Kier alpha value is -4.34. The van der Waals surface area contributed by atoms with Gasteiger partial charge in [0.05, 0.1) is 24.1 Å². The van der Waals surface area contributed by atoms with Gasteiger partial charge in [0.25, 0.3) is 10.0 Å². The Morgan fingerprint density at radius 1 is 0.892 bits per heavy atom. The summed E-state index contributed by atoms with van der Waals surface area (Å²) >= 11 is 0. The van der Waals surface area contributed by atoms with Crippen molar-refractivity contribution >= 4 is 26.6 Å². The van der Waals surface area contributed by atoms with Crippen molar-refractivity contribution in [1.82, 2.24) is 9.97 Å². The van der Waals surface area contributed by atoms with E-state index in [2.05, 4.69) is 14.7 Å². The summed E-state index contributed by atoms with van der Waals surface area (Å²) < 4.78 is 46.9. The number of halogens is 1. The molecule has 0 aliphatic heterocycles. The molecule has 2 heterocycles. The molecule has 0 saturated carbocycles. The highest BCUT2D eigenvalue weighted by atomic mass is 32.2. The van der Waals surface area contributed by atoms with E-state index < -0.39 is 15.8 Å².